The number of ether oxygens (including phenoxy) is 1. The van der Waals surface area contributed by atoms with E-state index >= 15 is 0 Å². The Bertz CT molecular complexity index is 1060. The molecular formula is C28H35F3N2O3. The van der Waals surface area contributed by atoms with E-state index in [1.54, 1.807) is 6.07 Å². The Hall–Kier alpha value is -2.58. The van der Waals surface area contributed by atoms with Gasteiger partial charge < -0.3 is 20.1 Å². The molecule has 0 heterocycles. The zero-order valence-electron chi connectivity index (χ0n) is 20.9. The summed E-state index contributed by atoms with van der Waals surface area (Å²) in [5.74, 6) is 0.118. The van der Waals surface area contributed by atoms with Crippen LogP contribution in [-0.2, 0) is 18.3 Å². The Morgan fingerprint density at radius 1 is 1.17 bits per heavy atom. The zero-order valence-corrected chi connectivity index (χ0v) is 20.9. The highest BCUT2D eigenvalue weighted by molar-refractivity contribution is 5.70. The standard InChI is InChI=1S/C28H35F3N2O3/c1-33(2)16-6-15-32-25(34)36-23-11-12-24-21(17-23)9-10-22-19-27(35,28(29,30)31)14-13-26(22,24)18-20-7-4-3-5-8-20/h3-5,7-8,11-12,17,22,35H,6,9-10,13-16,18-19H2,1-2H3,(H,32,34)/t22-,26+,27-/m1/s1. The molecule has 2 aromatic rings. The molecule has 3 atom stereocenters. The van der Waals surface area contributed by atoms with Crippen LogP contribution in [0, 0.1) is 5.92 Å². The van der Waals surface area contributed by atoms with Gasteiger partial charge in [-0.2, -0.15) is 13.2 Å². The summed E-state index contributed by atoms with van der Waals surface area (Å²) in [6, 6.07) is 15.3. The fourth-order valence-electron chi connectivity index (χ4n) is 6.00. The van der Waals surface area contributed by atoms with Gasteiger partial charge in [0.2, 0.25) is 0 Å². The minimum atomic E-state index is -4.65. The van der Waals surface area contributed by atoms with Crippen LogP contribution in [0.15, 0.2) is 48.5 Å². The number of carbonyl (C=O) groups excluding carboxylic acids is 1. The fraction of sp³-hybridized carbons (Fsp3) is 0.536. The zero-order chi connectivity index (χ0) is 26.0. The first kappa shape index (κ1) is 26.5. The van der Waals surface area contributed by atoms with Gasteiger partial charge in [0, 0.05) is 12.0 Å². The van der Waals surface area contributed by atoms with E-state index in [-0.39, 0.29) is 25.2 Å². The number of hydrogen-bond acceptors (Lipinski definition) is 4. The molecule has 5 nitrogen and oxygen atoms in total. The van der Waals surface area contributed by atoms with Crippen molar-refractivity contribution in [3.8, 4) is 5.75 Å². The molecule has 0 aliphatic heterocycles. The van der Waals surface area contributed by atoms with Crippen LogP contribution in [-0.4, -0.2) is 55.1 Å². The van der Waals surface area contributed by atoms with E-state index in [1.807, 2.05) is 61.5 Å². The lowest BCUT2D eigenvalue weighted by Gasteiger charge is -2.53. The number of aryl methyl sites for hydroxylation is 1. The highest BCUT2D eigenvalue weighted by Crippen LogP contribution is 2.57. The van der Waals surface area contributed by atoms with Crippen molar-refractivity contribution in [3.63, 3.8) is 0 Å². The molecule has 0 unspecified atom stereocenters. The maximum Gasteiger partial charge on any atom is 0.417 e. The average Bonchev–Trinajstić information content (AvgIpc) is 2.82. The van der Waals surface area contributed by atoms with E-state index in [4.69, 9.17) is 4.74 Å². The number of fused-ring (bicyclic) bond motifs is 3. The van der Waals surface area contributed by atoms with Crippen LogP contribution >= 0.6 is 0 Å². The van der Waals surface area contributed by atoms with Crippen LogP contribution in [0.5, 0.6) is 5.75 Å². The van der Waals surface area contributed by atoms with E-state index in [1.165, 1.54) is 0 Å². The molecule has 0 saturated heterocycles. The molecule has 0 bridgehead atoms. The molecule has 4 rings (SSSR count). The molecule has 0 aromatic heterocycles. The number of halogens is 3. The maximum absolute atomic E-state index is 13.8. The number of nitrogens with zero attached hydrogens (tertiary/aromatic N) is 1. The minimum Gasteiger partial charge on any atom is -0.410 e. The fourth-order valence-corrected chi connectivity index (χ4v) is 6.00. The van der Waals surface area contributed by atoms with Crippen LogP contribution in [0.4, 0.5) is 18.0 Å². The van der Waals surface area contributed by atoms with Gasteiger partial charge in [0.1, 0.15) is 5.75 Å². The Balaban J connectivity index is 1.57. The third-order valence-electron chi connectivity index (χ3n) is 7.88. The number of hydrogen-bond donors (Lipinski definition) is 2. The molecule has 1 saturated carbocycles. The van der Waals surface area contributed by atoms with Gasteiger partial charge in [-0.15, -0.1) is 0 Å². The summed E-state index contributed by atoms with van der Waals surface area (Å²) in [5, 5.41) is 13.3. The van der Waals surface area contributed by atoms with E-state index < -0.39 is 23.3 Å². The van der Waals surface area contributed by atoms with Crippen molar-refractivity contribution in [2.75, 3.05) is 27.2 Å². The third-order valence-corrected chi connectivity index (χ3v) is 7.88. The van der Waals surface area contributed by atoms with Gasteiger partial charge in [0.15, 0.2) is 5.60 Å². The van der Waals surface area contributed by atoms with Gasteiger partial charge >= 0.3 is 12.3 Å². The molecule has 196 valence electrons. The molecule has 2 aromatic carbocycles. The highest BCUT2D eigenvalue weighted by atomic mass is 19.4. The molecule has 8 heteroatoms. The Morgan fingerprint density at radius 3 is 2.61 bits per heavy atom. The van der Waals surface area contributed by atoms with Crippen molar-refractivity contribution in [2.24, 2.45) is 5.92 Å². The topological polar surface area (TPSA) is 61.8 Å². The van der Waals surface area contributed by atoms with Crippen LogP contribution < -0.4 is 10.1 Å². The molecule has 2 aliphatic carbocycles. The third kappa shape index (κ3) is 5.54. The minimum absolute atomic E-state index is 0.238. The van der Waals surface area contributed by atoms with Crippen LogP contribution in [0.3, 0.4) is 0 Å². The van der Waals surface area contributed by atoms with Crippen molar-refractivity contribution >= 4 is 6.09 Å². The van der Waals surface area contributed by atoms with Crippen LogP contribution in [0.2, 0.25) is 0 Å². The first-order chi connectivity index (χ1) is 17.0. The van der Waals surface area contributed by atoms with Crippen molar-refractivity contribution < 1.29 is 27.8 Å². The predicted molar refractivity (Wildman–Crippen MR) is 132 cm³/mol. The van der Waals surface area contributed by atoms with Crippen LogP contribution in [0.1, 0.15) is 48.8 Å². The summed E-state index contributed by atoms with van der Waals surface area (Å²) in [5.41, 5.74) is -0.101. The number of alkyl halides is 3. The first-order valence-electron chi connectivity index (χ1n) is 12.6. The lowest BCUT2D eigenvalue weighted by Crippen LogP contribution is -2.56. The number of amides is 1. The van der Waals surface area contributed by atoms with E-state index in [0.717, 1.165) is 29.7 Å². The Kier molecular flexibility index (Phi) is 7.67. The van der Waals surface area contributed by atoms with Gasteiger partial charge in [-0.05, 0) is 100 Å². The van der Waals surface area contributed by atoms with Gasteiger partial charge in [-0.3, -0.25) is 0 Å². The molecule has 36 heavy (non-hydrogen) atoms. The van der Waals surface area contributed by atoms with E-state index in [2.05, 4.69) is 5.32 Å². The summed E-state index contributed by atoms with van der Waals surface area (Å²) in [6.45, 7) is 1.36. The average molecular weight is 505 g/mol. The summed E-state index contributed by atoms with van der Waals surface area (Å²) in [4.78, 5) is 14.3. The van der Waals surface area contributed by atoms with Gasteiger partial charge in [0.25, 0.3) is 0 Å². The second kappa shape index (κ2) is 10.4. The highest BCUT2D eigenvalue weighted by Gasteiger charge is 2.61. The molecule has 0 spiro atoms. The molecule has 0 radical (unpaired) electrons. The van der Waals surface area contributed by atoms with E-state index in [0.29, 0.717) is 31.6 Å². The van der Waals surface area contributed by atoms with Gasteiger partial charge in [-0.25, -0.2) is 4.79 Å². The second-order valence-electron chi connectivity index (χ2n) is 10.6. The second-order valence-corrected chi connectivity index (χ2v) is 10.6. The molecule has 2 N–H and O–H groups in total. The lowest BCUT2D eigenvalue weighted by atomic mass is 9.52. The number of carbonyl (C=O) groups is 1. The summed E-state index contributed by atoms with van der Waals surface area (Å²) in [6.07, 6.45) is -3.03. The quantitative estimate of drug-likeness (QED) is 0.506. The van der Waals surface area contributed by atoms with Crippen molar-refractivity contribution in [2.45, 2.75) is 62.1 Å². The maximum atomic E-state index is 13.8. The summed E-state index contributed by atoms with van der Waals surface area (Å²) < 4.78 is 46.8. The lowest BCUT2D eigenvalue weighted by molar-refractivity contribution is -0.279. The largest absolute Gasteiger partial charge is 0.417 e. The molecule has 1 amide bonds. The van der Waals surface area contributed by atoms with Gasteiger partial charge in [0.05, 0.1) is 0 Å². The number of benzene rings is 2. The number of nitrogens with one attached hydrogen (secondary N) is 1. The van der Waals surface area contributed by atoms with Crippen molar-refractivity contribution in [1.82, 2.24) is 10.2 Å². The Labute approximate surface area is 210 Å². The smallest absolute Gasteiger partial charge is 0.410 e. The summed E-state index contributed by atoms with van der Waals surface area (Å²) in [7, 11) is 3.94. The molecule has 1 fully saturated rings. The Morgan fingerprint density at radius 2 is 1.92 bits per heavy atom. The molecule has 2 aliphatic rings. The number of rotatable bonds is 7. The SMILES string of the molecule is CN(C)CCCNC(=O)Oc1ccc2c(c1)CC[C@@H]1C[C@@](O)(C(F)(F)F)CC[C@@]21Cc1ccccc1. The normalized spacial score (nSPS) is 25.7. The van der Waals surface area contributed by atoms with Crippen molar-refractivity contribution in [1.29, 1.82) is 0 Å². The first-order valence-corrected chi connectivity index (χ1v) is 12.6. The number of aliphatic hydroxyl groups is 1. The van der Waals surface area contributed by atoms with Crippen molar-refractivity contribution in [3.05, 3.63) is 65.2 Å². The predicted octanol–water partition coefficient (Wildman–Crippen LogP) is 5.25. The molecular weight excluding hydrogens is 469 g/mol. The monoisotopic (exact) mass is 504 g/mol. The van der Waals surface area contributed by atoms with Gasteiger partial charge in [-0.1, -0.05) is 36.4 Å². The van der Waals surface area contributed by atoms with Crippen LogP contribution in [0.25, 0.3) is 0 Å². The van der Waals surface area contributed by atoms with E-state index in [9.17, 15) is 23.1 Å². The summed E-state index contributed by atoms with van der Waals surface area (Å²) >= 11 is 0.